The smallest absolute Gasteiger partial charge is 0.405 e. The van der Waals surface area contributed by atoms with E-state index in [4.69, 9.17) is 11.6 Å². The quantitative estimate of drug-likeness (QED) is 0.773. The van der Waals surface area contributed by atoms with E-state index >= 15 is 0 Å². The van der Waals surface area contributed by atoms with E-state index in [0.717, 1.165) is 4.88 Å². The Morgan fingerprint density at radius 2 is 2.00 bits per heavy atom. The van der Waals surface area contributed by atoms with Crippen LogP contribution in [0.4, 0.5) is 13.2 Å². The van der Waals surface area contributed by atoms with Crippen LogP contribution in [-0.2, 0) is 17.9 Å². The van der Waals surface area contributed by atoms with Crippen LogP contribution in [0, 0.1) is 0 Å². The lowest BCUT2D eigenvalue weighted by molar-refractivity contribution is -0.274. The molecule has 0 spiro atoms. The van der Waals surface area contributed by atoms with Gasteiger partial charge in [0.2, 0.25) is 5.91 Å². The van der Waals surface area contributed by atoms with Crippen molar-refractivity contribution in [3.8, 4) is 5.75 Å². The van der Waals surface area contributed by atoms with E-state index in [0.29, 0.717) is 10.9 Å². The van der Waals surface area contributed by atoms with Gasteiger partial charge in [-0.2, -0.15) is 0 Å². The highest BCUT2D eigenvalue weighted by Crippen LogP contribution is 2.26. The minimum Gasteiger partial charge on any atom is -0.405 e. The van der Waals surface area contributed by atoms with Gasteiger partial charge in [0.05, 0.1) is 10.9 Å². The van der Waals surface area contributed by atoms with Crippen molar-refractivity contribution < 1.29 is 22.7 Å². The molecule has 0 saturated heterocycles. The maximum Gasteiger partial charge on any atom is 0.573 e. The summed E-state index contributed by atoms with van der Waals surface area (Å²) in [6.45, 7) is 0.611. The molecule has 1 aromatic carbocycles. The van der Waals surface area contributed by atoms with Gasteiger partial charge >= 0.3 is 6.36 Å². The van der Waals surface area contributed by atoms with Gasteiger partial charge in [0.25, 0.3) is 0 Å². The lowest BCUT2D eigenvalue weighted by Crippen LogP contribution is -2.34. The van der Waals surface area contributed by atoms with E-state index in [1.807, 2.05) is 6.07 Å². The molecule has 0 fully saturated rings. The van der Waals surface area contributed by atoms with Crippen LogP contribution < -0.4 is 10.1 Å². The summed E-state index contributed by atoms with van der Waals surface area (Å²) in [4.78, 5) is 14.8. The number of nitrogens with zero attached hydrogens (tertiary/aromatic N) is 1. The fourth-order valence-electron chi connectivity index (χ4n) is 2.13. The van der Waals surface area contributed by atoms with Gasteiger partial charge in [-0.1, -0.05) is 29.8 Å². The van der Waals surface area contributed by atoms with Gasteiger partial charge in [-0.05, 0) is 25.2 Å². The number of alkyl halides is 3. The average molecular weight is 393 g/mol. The number of para-hydroxylation sites is 1. The second-order valence-electron chi connectivity index (χ2n) is 5.31. The van der Waals surface area contributed by atoms with Crippen molar-refractivity contribution in [1.29, 1.82) is 0 Å². The fourth-order valence-corrected chi connectivity index (χ4v) is 3.30. The monoisotopic (exact) mass is 392 g/mol. The Hall–Kier alpha value is -1.77. The number of rotatable bonds is 7. The van der Waals surface area contributed by atoms with E-state index in [9.17, 15) is 18.0 Å². The van der Waals surface area contributed by atoms with Crippen LogP contribution in [0.5, 0.6) is 5.75 Å². The summed E-state index contributed by atoms with van der Waals surface area (Å²) in [5.74, 6) is -0.621. The van der Waals surface area contributed by atoms with Crippen molar-refractivity contribution in [2.45, 2.75) is 19.5 Å². The molecule has 1 aromatic heterocycles. The maximum absolute atomic E-state index is 12.4. The second kappa shape index (κ2) is 8.55. The molecular formula is C16H16ClF3N2O2S. The third-order valence-electron chi connectivity index (χ3n) is 3.14. The molecule has 0 atom stereocenters. The molecule has 1 amide bonds. The molecule has 1 heterocycles. The third-order valence-corrected chi connectivity index (χ3v) is 4.36. The topological polar surface area (TPSA) is 41.6 Å². The molecule has 0 radical (unpaired) electrons. The van der Waals surface area contributed by atoms with Crippen molar-refractivity contribution in [1.82, 2.24) is 10.2 Å². The first-order valence-electron chi connectivity index (χ1n) is 7.26. The molecule has 0 unspecified atom stereocenters. The summed E-state index contributed by atoms with van der Waals surface area (Å²) in [5.41, 5.74) is 0.251. The number of amides is 1. The SMILES string of the molecule is CN(CC(=O)NCc1ccccc1OC(F)(F)F)Cc1ccc(Cl)s1. The summed E-state index contributed by atoms with van der Waals surface area (Å²) in [6.07, 6.45) is -4.78. The Morgan fingerprint density at radius 1 is 1.28 bits per heavy atom. The highest BCUT2D eigenvalue weighted by molar-refractivity contribution is 7.16. The molecule has 2 aromatic rings. The minimum atomic E-state index is -4.78. The number of nitrogens with one attached hydrogen (secondary N) is 1. The molecule has 0 aliphatic rings. The number of thiophene rings is 1. The average Bonchev–Trinajstić information content (AvgIpc) is 2.89. The number of halogens is 4. The van der Waals surface area contributed by atoms with Crippen LogP contribution >= 0.6 is 22.9 Å². The minimum absolute atomic E-state index is 0.0518. The summed E-state index contributed by atoms with van der Waals surface area (Å²) >= 11 is 7.29. The lowest BCUT2D eigenvalue weighted by Gasteiger charge is -2.16. The van der Waals surface area contributed by atoms with Crippen LogP contribution in [0.2, 0.25) is 4.34 Å². The molecule has 1 N–H and O–H groups in total. The highest BCUT2D eigenvalue weighted by atomic mass is 35.5. The van der Waals surface area contributed by atoms with Crippen LogP contribution in [0.15, 0.2) is 36.4 Å². The highest BCUT2D eigenvalue weighted by Gasteiger charge is 2.31. The lowest BCUT2D eigenvalue weighted by atomic mass is 10.2. The molecule has 0 bridgehead atoms. The van der Waals surface area contributed by atoms with Gasteiger partial charge in [0, 0.05) is 23.5 Å². The molecule has 0 aliphatic heterocycles. The standard InChI is InChI=1S/C16H16ClF3N2O2S/c1-22(9-12-6-7-14(17)25-12)10-15(23)21-8-11-4-2-3-5-13(11)24-16(18,19)20/h2-7H,8-10H2,1H3,(H,21,23). The van der Waals surface area contributed by atoms with Gasteiger partial charge in [-0.25, -0.2) is 0 Å². The molecule has 0 aliphatic carbocycles. The Labute approximate surface area is 152 Å². The van der Waals surface area contributed by atoms with Crippen molar-refractivity contribution in [3.05, 3.63) is 51.2 Å². The van der Waals surface area contributed by atoms with E-state index in [-0.39, 0.29) is 30.3 Å². The summed E-state index contributed by atoms with van der Waals surface area (Å²) < 4.78 is 41.8. The van der Waals surface area contributed by atoms with Crippen LogP contribution in [-0.4, -0.2) is 30.8 Å². The Balaban J connectivity index is 1.85. The zero-order valence-electron chi connectivity index (χ0n) is 13.3. The van der Waals surface area contributed by atoms with E-state index in [1.54, 1.807) is 24.1 Å². The van der Waals surface area contributed by atoms with Crippen molar-refractivity contribution in [3.63, 3.8) is 0 Å². The summed E-state index contributed by atoms with van der Waals surface area (Å²) in [5, 5.41) is 2.60. The number of hydrogen-bond donors (Lipinski definition) is 1. The number of benzene rings is 1. The first-order valence-corrected chi connectivity index (χ1v) is 8.45. The molecular weight excluding hydrogens is 377 g/mol. The molecule has 0 saturated carbocycles. The second-order valence-corrected chi connectivity index (χ2v) is 7.11. The van der Waals surface area contributed by atoms with Crippen LogP contribution in [0.1, 0.15) is 10.4 Å². The summed E-state index contributed by atoms with van der Waals surface area (Å²) in [6, 6.07) is 9.36. The first-order chi connectivity index (χ1) is 11.7. The predicted octanol–water partition coefficient (Wildman–Crippen LogP) is 4.05. The number of likely N-dealkylation sites (N-methyl/N-ethyl adjacent to an activating group) is 1. The molecule has 2 rings (SSSR count). The largest absolute Gasteiger partial charge is 0.573 e. The van der Waals surface area contributed by atoms with E-state index in [1.165, 1.54) is 29.5 Å². The van der Waals surface area contributed by atoms with Crippen LogP contribution in [0.25, 0.3) is 0 Å². The maximum atomic E-state index is 12.4. The van der Waals surface area contributed by atoms with Gasteiger partial charge in [0.15, 0.2) is 0 Å². The van der Waals surface area contributed by atoms with Gasteiger partial charge in [0.1, 0.15) is 5.75 Å². The number of carbonyl (C=O) groups excluding carboxylic acids is 1. The molecule has 136 valence electrons. The summed E-state index contributed by atoms with van der Waals surface area (Å²) in [7, 11) is 1.77. The first kappa shape index (κ1) is 19.6. The molecule has 25 heavy (non-hydrogen) atoms. The zero-order chi connectivity index (χ0) is 18.4. The third kappa shape index (κ3) is 6.93. The normalized spacial score (nSPS) is 11.6. The van der Waals surface area contributed by atoms with Gasteiger partial charge in [-0.3, -0.25) is 9.69 Å². The van der Waals surface area contributed by atoms with E-state index in [2.05, 4.69) is 10.1 Å². The molecule has 4 nitrogen and oxygen atoms in total. The number of ether oxygens (including phenoxy) is 1. The fraction of sp³-hybridized carbons (Fsp3) is 0.312. The Morgan fingerprint density at radius 3 is 2.64 bits per heavy atom. The van der Waals surface area contributed by atoms with Gasteiger partial charge < -0.3 is 10.1 Å². The Bertz CT molecular complexity index is 721. The number of carbonyl (C=O) groups is 1. The van der Waals surface area contributed by atoms with Crippen molar-refractivity contribution in [2.24, 2.45) is 0 Å². The van der Waals surface area contributed by atoms with Gasteiger partial charge in [-0.15, -0.1) is 24.5 Å². The predicted molar refractivity (Wildman–Crippen MR) is 90.6 cm³/mol. The van der Waals surface area contributed by atoms with Crippen LogP contribution in [0.3, 0.4) is 0 Å². The molecule has 9 heteroatoms. The van der Waals surface area contributed by atoms with Crippen molar-refractivity contribution >= 4 is 28.8 Å². The number of hydrogen-bond acceptors (Lipinski definition) is 4. The van der Waals surface area contributed by atoms with E-state index < -0.39 is 6.36 Å². The Kier molecular flexibility index (Phi) is 6.69. The zero-order valence-corrected chi connectivity index (χ0v) is 14.8. The van der Waals surface area contributed by atoms with Crippen molar-refractivity contribution in [2.75, 3.05) is 13.6 Å².